The molecule has 4 nitrogen and oxygen atoms in total. The molecule has 0 aliphatic carbocycles. The van der Waals surface area contributed by atoms with Crippen LogP contribution in [-0.2, 0) is 20.7 Å². The van der Waals surface area contributed by atoms with Crippen LogP contribution in [-0.4, -0.2) is 24.5 Å². The largest absolute Gasteiger partial charge is 0.463 e. The molecule has 1 atom stereocenters. The molecule has 0 aromatic heterocycles. The summed E-state index contributed by atoms with van der Waals surface area (Å²) in [6.07, 6.45) is 2.28. The highest BCUT2D eigenvalue weighted by Gasteiger charge is 2.06. The summed E-state index contributed by atoms with van der Waals surface area (Å²) in [5, 5.41) is 2.86. The summed E-state index contributed by atoms with van der Waals surface area (Å²) in [5.74, 6) is -0.342. The summed E-state index contributed by atoms with van der Waals surface area (Å²) < 4.78 is 4.89. The smallest absolute Gasteiger partial charge is 0.331 e. The highest BCUT2D eigenvalue weighted by molar-refractivity contribution is 5.90. The van der Waals surface area contributed by atoms with E-state index >= 15 is 0 Å². The van der Waals surface area contributed by atoms with Crippen LogP contribution >= 0.6 is 0 Å². The van der Waals surface area contributed by atoms with E-state index in [0.29, 0.717) is 6.61 Å². The van der Waals surface area contributed by atoms with Gasteiger partial charge in [0.05, 0.1) is 6.61 Å². The Morgan fingerprint density at radius 2 is 1.86 bits per heavy atom. The maximum absolute atomic E-state index is 11.4. The molecule has 0 fully saturated rings. The molecule has 0 radical (unpaired) electrons. The number of rotatable bonds is 6. The minimum atomic E-state index is -0.321. The summed E-state index contributed by atoms with van der Waals surface area (Å²) in [6, 6.07) is 8.07. The van der Waals surface area contributed by atoms with Crippen molar-refractivity contribution in [1.82, 2.24) is 5.32 Å². The average molecular weight is 289 g/mol. The van der Waals surface area contributed by atoms with E-state index in [4.69, 9.17) is 4.74 Å². The number of nitrogens with one attached hydrogen (secondary N) is 1. The second-order valence-corrected chi connectivity index (χ2v) is 5.08. The zero-order valence-corrected chi connectivity index (χ0v) is 13.1. The Balaban J connectivity index is 2.69. The molecule has 114 valence electrons. The zero-order valence-electron chi connectivity index (χ0n) is 13.1. The molecule has 0 spiro atoms. The van der Waals surface area contributed by atoms with Crippen LogP contribution in [0.4, 0.5) is 0 Å². The predicted octanol–water partition coefficient (Wildman–Crippen LogP) is 2.72. The van der Waals surface area contributed by atoms with Gasteiger partial charge in [0, 0.05) is 19.0 Å². The van der Waals surface area contributed by atoms with E-state index in [9.17, 15) is 9.59 Å². The van der Waals surface area contributed by atoms with Gasteiger partial charge in [-0.1, -0.05) is 24.3 Å². The van der Waals surface area contributed by atoms with Crippen molar-refractivity contribution >= 4 is 17.4 Å². The molecule has 1 amide bonds. The van der Waals surface area contributed by atoms with Crippen LogP contribution in [0, 0.1) is 0 Å². The number of esters is 1. The third-order valence-corrected chi connectivity index (χ3v) is 3.02. The summed E-state index contributed by atoms with van der Waals surface area (Å²) >= 11 is 0. The van der Waals surface area contributed by atoms with Crippen molar-refractivity contribution < 1.29 is 14.3 Å². The van der Waals surface area contributed by atoms with Crippen molar-refractivity contribution in [3.63, 3.8) is 0 Å². The first-order chi connectivity index (χ1) is 9.92. The van der Waals surface area contributed by atoms with Gasteiger partial charge >= 0.3 is 5.97 Å². The van der Waals surface area contributed by atoms with Gasteiger partial charge in [-0.3, -0.25) is 4.79 Å². The van der Waals surface area contributed by atoms with Gasteiger partial charge in [-0.15, -0.1) is 0 Å². The Morgan fingerprint density at radius 3 is 2.38 bits per heavy atom. The molecule has 0 aliphatic heterocycles. The topological polar surface area (TPSA) is 55.4 Å². The van der Waals surface area contributed by atoms with Crippen molar-refractivity contribution in [2.24, 2.45) is 0 Å². The lowest BCUT2D eigenvalue weighted by Crippen LogP contribution is -2.31. The number of hydrogen-bond donors (Lipinski definition) is 1. The lowest BCUT2D eigenvalue weighted by atomic mass is 10.0. The fourth-order valence-electron chi connectivity index (χ4n) is 2.10. The monoisotopic (exact) mass is 289 g/mol. The SMILES string of the molecule is CCOC(=O)C=C(C)c1ccc(CC(C)NC(C)=O)cc1. The Bertz CT molecular complexity index is 517. The molecule has 0 aliphatic rings. The van der Waals surface area contributed by atoms with Crippen molar-refractivity contribution in [3.05, 3.63) is 41.5 Å². The molecule has 21 heavy (non-hydrogen) atoms. The minimum Gasteiger partial charge on any atom is -0.463 e. The van der Waals surface area contributed by atoms with E-state index in [1.165, 1.54) is 13.0 Å². The number of benzene rings is 1. The van der Waals surface area contributed by atoms with Crippen LogP contribution in [0.2, 0.25) is 0 Å². The summed E-state index contributed by atoms with van der Waals surface area (Å²) in [5.41, 5.74) is 3.00. The van der Waals surface area contributed by atoms with Crippen LogP contribution in [0.3, 0.4) is 0 Å². The first-order valence-corrected chi connectivity index (χ1v) is 7.13. The quantitative estimate of drug-likeness (QED) is 0.647. The Kier molecular flexibility index (Phi) is 6.66. The van der Waals surface area contributed by atoms with Gasteiger partial charge in [0.25, 0.3) is 0 Å². The number of allylic oxidation sites excluding steroid dienone is 1. The molecular formula is C17H23NO3. The zero-order chi connectivity index (χ0) is 15.8. The molecule has 1 aromatic rings. The molecule has 0 saturated heterocycles. The fourth-order valence-corrected chi connectivity index (χ4v) is 2.10. The Labute approximate surface area is 126 Å². The number of ether oxygens (including phenoxy) is 1. The minimum absolute atomic E-state index is 0.0210. The number of carbonyl (C=O) groups excluding carboxylic acids is 2. The van der Waals surface area contributed by atoms with Crippen molar-refractivity contribution in [2.75, 3.05) is 6.61 Å². The van der Waals surface area contributed by atoms with Crippen LogP contribution < -0.4 is 5.32 Å². The van der Waals surface area contributed by atoms with Crippen molar-refractivity contribution in [1.29, 1.82) is 0 Å². The molecule has 1 unspecified atom stereocenters. The van der Waals surface area contributed by atoms with Gasteiger partial charge < -0.3 is 10.1 Å². The van der Waals surface area contributed by atoms with Gasteiger partial charge in [0.15, 0.2) is 0 Å². The number of hydrogen-bond acceptors (Lipinski definition) is 3. The third kappa shape index (κ3) is 6.25. The molecule has 4 heteroatoms. The van der Waals surface area contributed by atoms with Crippen molar-refractivity contribution in [3.8, 4) is 0 Å². The van der Waals surface area contributed by atoms with Crippen LogP contribution in [0.5, 0.6) is 0 Å². The molecule has 1 N–H and O–H groups in total. The fraction of sp³-hybridized carbons (Fsp3) is 0.412. The van der Waals surface area contributed by atoms with E-state index in [-0.39, 0.29) is 17.9 Å². The first kappa shape index (κ1) is 17.0. The van der Waals surface area contributed by atoms with Gasteiger partial charge in [-0.2, -0.15) is 0 Å². The third-order valence-electron chi connectivity index (χ3n) is 3.02. The van der Waals surface area contributed by atoms with E-state index in [2.05, 4.69) is 5.32 Å². The standard InChI is InChI=1S/C17H23NO3/c1-5-21-17(20)10-12(2)16-8-6-15(7-9-16)11-13(3)18-14(4)19/h6-10,13H,5,11H2,1-4H3,(H,18,19). The molecule has 0 bridgehead atoms. The second kappa shape index (κ2) is 8.25. The lowest BCUT2D eigenvalue weighted by molar-refractivity contribution is -0.137. The molecule has 1 aromatic carbocycles. The average Bonchev–Trinajstić information content (AvgIpc) is 2.38. The van der Waals surface area contributed by atoms with Crippen LogP contribution in [0.1, 0.15) is 38.8 Å². The Hall–Kier alpha value is -2.10. The van der Waals surface area contributed by atoms with Gasteiger partial charge in [-0.25, -0.2) is 4.79 Å². The molecule has 1 rings (SSSR count). The first-order valence-electron chi connectivity index (χ1n) is 7.13. The summed E-state index contributed by atoms with van der Waals surface area (Å²) in [6.45, 7) is 7.53. The predicted molar refractivity (Wildman–Crippen MR) is 83.7 cm³/mol. The van der Waals surface area contributed by atoms with Gasteiger partial charge in [-0.05, 0) is 43.9 Å². The van der Waals surface area contributed by atoms with E-state index in [1.807, 2.05) is 38.1 Å². The number of carbonyl (C=O) groups is 2. The van der Waals surface area contributed by atoms with Crippen LogP contribution in [0.15, 0.2) is 30.3 Å². The number of amides is 1. The van der Waals surface area contributed by atoms with Gasteiger partial charge in [0.1, 0.15) is 0 Å². The highest BCUT2D eigenvalue weighted by Crippen LogP contribution is 2.15. The lowest BCUT2D eigenvalue weighted by Gasteiger charge is -2.12. The molecule has 0 heterocycles. The van der Waals surface area contributed by atoms with Crippen molar-refractivity contribution in [2.45, 2.75) is 40.2 Å². The highest BCUT2D eigenvalue weighted by atomic mass is 16.5. The normalized spacial score (nSPS) is 12.7. The molecular weight excluding hydrogens is 266 g/mol. The van der Waals surface area contributed by atoms with E-state index < -0.39 is 0 Å². The van der Waals surface area contributed by atoms with Crippen LogP contribution in [0.25, 0.3) is 5.57 Å². The van der Waals surface area contributed by atoms with Gasteiger partial charge in [0.2, 0.25) is 5.91 Å². The van der Waals surface area contributed by atoms with E-state index in [1.54, 1.807) is 6.92 Å². The second-order valence-electron chi connectivity index (χ2n) is 5.08. The molecule has 0 saturated carbocycles. The Morgan fingerprint density at radius 1 is 1.24 bits per heavy atom. The maximum atomic E-state index is 11.4. The summed E-state index contributed by atoms with van der Waals surface area (Å²) in [7, 11) is 0. The van der Waals surface area contributed by atoms with E-state index in [0.717, 1.165) is 23.1 Å². The maximum Gasteiger partial charge on any atom is 0.331 e. The summed E-state index contributed by atoms with van der Waals surface area (Å²) in [4.78, 5) is 22.4.